The number of pyridine rings is 1. The average molecular weight is 269 g/mol. The van der Waals surface area contributed by atoms with E-state index in [1.165, 1.54) is 12.8 Å². The largest absolute Gasteiger partial charge is 0.367 e. The van der Waals surface area contributed by atoms with Gasteiger partial charge in [0.2, 0.25) is 0 Å². The molecule has 1 saturated carbocycles. The van der Waals surface area contributed by atoms with Crippen LogP contribution in [-0.4, -0.2) is 11.0 Å². The Kier molecular flexibility index (Phi) is 3.29. The van der Waals surface area contributed by atoms with Crippen LogP contribution in [0.5, 0.6) is 0 Å². The molecule has 0 aromatic carbocycles. The fraction of sp³-hybridized carbons (Fsp3) is 0.583. The molecule has 15 heavy (non-hydrogen) atoms. The summed E-state index contributed by atoms with van der Waals surface area (Å²) in [6.45, 7) is 4.66. The number of hydrogen-bond acceptors (Lipinski definition) is 2. The molecular weight excluding hydrogens is 252 g/mol. The fourth-order valence-electron chi connectivity index (χ4n) is 2.22. The number of nitrogens with one attached hydrogen (secondary N) is 1. The third kappa shape index (κ3) is 2.51. The molecule has 1 heterocycles. The Bertz CT molecular complexity index is 323. The van der Waals surface area contributed by atoms with Crippen molar-refractivity contribution < 1.29 is 0 Å². The lowest BCUT2D eigenvalue weighted by Gasteiger charge is -2.20. The van der Waals surface area contributed by atoms with Gasteiger partial charge >= 0.3 is 0 Å². The Morgan fingerprint density at radius 2 is 2.13 bits per heavy atom. The second kappa shape index (κ2) is 4.52. The smallest absolute Gasteiger partial charge is 0.126 e. The van der Waals surface area contributed by atoms with Gasteiger partial charge in [-0.3, -0.25) is 0 Å². The van der Waals surface area contributed by atoms with Crippen molar-refractivity contribution in [3.8, 4) is 0 Å². The summed E-state index contributed by atoms with van der Waals surface area (Å²) in [5.74, 6) is 2.57. The van der Waals surface area contributed by atoms with Gasteiger partial charge < -0.3 is 5.32 Å². The molecule has 0 aliphatic heterocycles. The van der Waals surface area contributed by atoms with Crippen LogP contribution in [0.25, 0.3) is 0 Å². The highest BCUT2D eigenvalue weighted by Gasteiger charge is 2.29. The third-order valence-corrected chi connectivity index (χ3v) is 4.00. The highest BCUT2D eigenvalue weighted by atomic mass is 79.9. The molecule has 0 spiro atoms. The van der Waals surface area contributed by atoms with Gasteiger partial charge in [0.25, 0.3) is 0 Å². The fourth-order valence-corrected chi connectivity index (χ4v) is 2.45. The molecule has 2 rings (SSSR count). The SMILES string of the molecule is CC1CCC(Nc2ccc(Br)cn2)C1C. The van der Waals surface area contributed by atoms with Crippen LogP contribution >= 0.6 is 15.9 Å². The van der Waals surface area contributed by atoms with E-state index in [2.05, 4.69) is 40.1 Å². The number of halogens is 1. The van der Waals surface area contributed by atoms with Gasteiger partial charge in [-0.15, -0.1) is 0 Å². The normalized spacial score (nSPS) is 30.5. The number of hydrogen-bond donors (Lipinski definition) is 1. The van der Waals surface area contributed by atoms with E-state index >= 15 is 0 Å². The molecule has 1 fully saturated rings. The van der Waals surface area contributed by atoms with E-state index in [0.29, 0.717) is 6.04 Å². The maximum atomic E-state index is 4.34. The van der Waals surface area contributed by atoms with Gasteiger partial charge in [0.1, 0.15) is 5.82 Å². The van der Waals surface area contributed by atoms with Crippen LogP contribution in [0.1, 0.15) is 26.7 Å². The Hall–Kier alpha value is -0.570. The molecule has 3 heteroatoms. The predicted molar refractivity (Wildman–Crippen MR) is 66.9 cm³/mol. The topological polar surface area (TPSA) is 24.9 Å². The van der Waals surface area contributed by atoms with Gasteiger partial charge in [0.15, 0.2) is 0 Å². The molecule has 2 nitrogen and oxygen atoms in total. The zero-order valence-electron chi connectivity index (χ0n) is 9.20. The Balaban J connectivity index is 2.00. The van der Waals surface area contributed by atoms with Crippen LogP contribution in [0.15, 0.2) is 22.8 Å². The lowest BCUT2D eigenvalue weighted by atomic mass is 9.98. The molecule has 1 aromatic rings. The van der Waals surface area contributed by atoms with Crippen molar-refractivity contribution in [2.45, 2.75) is 32.7 Å². The quantitative estimate of drug-likeness (QED) is 0.885. The molecule has 1 N–H and O–H groups in total. The third-order valence-electron chi connectivity index (χ3n) is 3.53. The first-order valence-corrected chi connectivity index (χ1v) is 6.34. The van der Waals surface area contributed by atoms with Gasteiger partial charge in [0.05, 0.1) is 0 Å². The number of rotatable bonds is 2. The van der Waals surface area contributed by atoms with Gasteiger partial charge in [-0.2, -0.15) is 0 Å². The molecule has 0 amide bonds. The van der Waals surface area contributed by atoms with E-state index in [-0.39, 0.29) is 0 Å². The molecule has 1 aromatic heterocycles. The maximum Gasteiger partial charge on any atom is 0.126 e. The van der Waals surface area contributed by atoms with Crippen LogP contribution in [0.4, 0.5) is 5.82 Å². The molecule has 0 bridgehead atoms. The first-order chi connectivity index (χ1) is 7.16. The number of nitrogens with zero attached hydrogens (tertiary/aromatic N) is 1. The van der Waals surface area contributed by atoms with Crippen LogP contribution in [0.3, 0.4) is 0 Å². The van der Waals surface area contributed by atoms with E-state index in [1.807, 2.05) is 18.3 Å². The van der Waals surface area contributed by atoms with Crippen molar-refractivity contribution >= 4 is 21.7 Å². The van der Waals surface area contributed by atoms with Gasteiger partial charge in [-0.25, -0.2) is 4.98 Å². The second-order valence-electron chi connectivity index (χ2n) is 4.53. The Morgan fingerprint density at radius 3 is 2.67 bits per heavy atom. The molecule has 3 atom stereocenters. The summed E-state index contributed by atoms with van der Waals surface area (Å²) >= 11 is 3.39. The highest BCUT2D eigenvalue weighted by Crippen LogP contribution is 2.32. The molecule has 0 radical (unpaired) electrons. The standard InChI is InChI=1S/C12H17BrN2/c1-8-3-5-11(9(8)2)15-12-6-4-10(13)7-14-12/h4,6-9,11H,3,5H2,1-2H3,(H,14,15). The summed E-state index contributed by atoms with van der Waals surface area (Å²) in [4.78, 5) is 4.34. The summed E-state index contributed by atoms with van der Waals surface area (Å²) in [6, 6.07) is 4.65. The Morgan fingerprint density at radius 1 is 1.33 bits per heavy atom. The lowest BCUT2D eigenvalue weighted by Crippen LogP contribution is -2.24. The van der Waals surface area contributed by atoms with Crippen LogP contribution < -0.4 is 5.32 Å². The van der Waals surface area contributed by atoms with E-state index in [1.54, 1.807) is 0 Å². The molecule has 1 aliphatic rings. The maximum absolute atomic E-state index is 4.34. The molecule has 3 unspecified atom stereocenters. The van der Waals surface area contributed by atoms with E-state index in [9.17, 15) is 0 Å². The highest BCUT2D eigenvalue weighted by molar-refractivity contribution is 9.10. The van der Waals surface area contributed by atoms with E-state index in [4.69, 9.17) is 0 Å². The minimum absolute atomic E-state index is 0.591. The summed E-state index contributed by atoms with van der Waals surface area (Å²) in [7, 11) is 0. The first-order valence-electron chi connectivity index (χ1n) is 5.55. The van der Waals surface area contributed by atoms with Crippen molar-refractivity contribution in [2.75, 3.05) is 5.32 Å². The van der Waals surface area contributed by atoms with Gasteiger partial charge in [-0.1, -0.05) is 13.8 Å². The number of anilines is 1. The zero-order valence-corrected chi connectivity index (χ0v) is 10.8. The van der Waals surface area contributed by atoms with E-state index < -0.39 is 0 Å². The second-order valence-corrected chi connectivity index (χ2v) is 5.44. The predicted octanol–water partition coefficient (Wildman–Crippen LogP) is 3.69. The molecular formula is C12H17BrN2. The van der Waals surface area contributed by atoms with Crippen LogP contribution in [-0.2, 0) is 0 Å². The van der Waals surface area contributed by atoms with Gasteiger partial charge in [0, 0.05) is 16.7 Å². The van der Waals surface area contributed by atoms with E-state index in [0.717, 1.165) is 22.1 Å². The summed E-state index contributed by atoms with van der Waals surface area (Å²) in [5.41, 5.74) is 0. The first kappa shape index (κ1) is 10.9. The molecule has 1 aliphatic carbocycles. The minimum atomic E-state index is 0.591. The van der Waals surface area contributed by atoms with Crippen molar-refractivity contribution in [1.29, 1.82) is 0 Å². The van der Waals surface area contributed by atoms with Gasteiger partial charge in [-0.05, 0) is 52.7 Å². The van der Waals surface area contributed by atoms with Crippen molar-refractivity contribution in [1.82, 2.24) is 4.98 Å². The summed E-state index contributed by atoms with van der Waals surface area (Å²) < 4.78 is 1.03. The molecule has 82 valence electrons. The summed E-state index contributed by atoms with van der Waals surface area (Å²) in [5, 5.41) is 3.52. The van der Waals surface area contributed by atoms with Crippen LogP contribution in [0.2, 0.25) is 0 Å². The minimum Gasteiger partial charge on any atom is -0.367 e. The average Bonchev–Trinajstić information content (AvgIpc) is 2.53. The molecule has 0 saturated heterocycles. The Labute approximate surface area is 99.6 Å². The van der Waals surface area contributed by atoms with Crippen molar-refractivity contribution in [3.05, 3.63) is 22.8 Å². The van der Waals surface area contributed by atoms with Crippen molar-refractivity contribution in [3.63, 3.8) is 0 Å². The number of aromatic nitrogens is 1. The summed E-state index contributed by atoms with van der Waals surface area (Å²) in [6.07, 6.45) is 4.43. The monoisotopic (exact) mass is 268 g/mol. The van der Waals surface area contributed by atoms with Crippen LogP contribution in [0, 0.1) is 11.8 Å². The lowest BCUT2D eigenvalue weighted by molar-refractivity contribution is 0.435. The van der Waals surface area contributed by atoms with Crippen molar-refractivity contribution in [2.24, 2.45) is 11.8 Å². The zero-order chi connectivity index (χ0) is 10.8.